The van der Waals surface area contributed by atoms with Crippen LogP contribution in [0, 0.1) is 0 Å². The van der Waals surface area contributed by atoms with E-state index in [4.69, 9.17) is 4.74 Å². The maximum absolute atomic E-state index is 12.5. The fourth-order valence-electron chi connectivity index (χ4n) is 2.92. The molecule has 1 aliphatic heterocycles. The van der Waals surface area contributed by atoms with Gasteiger partial charge in [0.15, 0.2) is 16.4 Å². The first-order valence-corrected chi connectivity index (χ1v) is 11.4. The average molecular weight is 417 g/mol. The molecule has 0 unspecified atom stereocenters. The lowest BCUT2D eigenvalue weighted by atomic mass is 10.1. The fraction of sp³-hybridized carbons (Fsp3) is 0.588. The molecule has 8 nitrogen and oxygen atoms in total. The first-order valence-electron chi connectivity index (χ1n) is 8.72. The van der Waals surface area contributed by atoms with Gasteiger partial charge >= 0.3 is 5.97 Å². The smallest absolute Gasteiger partial charge is 0.325 e. The van der Waals surface area contributed by atoms with Crippen molar-refractivity contribution in [2.24, 2.45) is 0 Å². The van der Waals surface area contributed by atoms with Gasteiger partial charge in [0.1, 0.15) is 6.54 Å². The summed E-state index contributed by atoms with van der Waals surface area (Å²) >= 11 is 1.25. The summed E-state index contributed by atoms with van der Waals surface area (Å²) < 4.78 is 28.4. The Kier molecular flexibility index (Phi) is 7.37. The molecule has 2 rings (SSSR count). The molecule has 0 saturated carbocycles. The molecule has 0 radical (unpaired) electrons. The van der Waals surface area contributed by atoms with Crippen LogP contribution in [0.25, 0.3) is 0 Å². The van der Waals surface area contributed by atoms with Crippen LogP contribution in [-0.4, -0.2) is 67.8 Å². The number of hydrogen-bond donors (Lipinski definition) is 1. The lowest BCUT2D eigenvalue weighted by molar-refractivity contribution is -0.153. The van der Waals surface area contributed by atoms with E-state index in [1.165, 1.54) is 16.2 Å². The average Bonchev–Trinajstić information content (AvgIpc) is 3.27. The second-order valence-corrected chi connectivity index (χ2v) is 9.61. The molecule has 1 N–H and O–H groups in total. The summed E-state index contributed by atoms with van der Waals surface area (Å²) in [4.78, 5) is 38.1. The van der Waals surface area contributed by atoms with Crippen LogP contribution in [0.1, 0.15) is 36.4 Å². The molecule has 150 valence electrons. The third-order valence-electron chi connectivity index (χ3n) is 4.45. The fourth-order valence-corrected chi connectivity index (χ4v) is 5.27. The summed E-state index contributed by atoms with van der Waals surface area (Å²) in [6.07, 6.45) is 1.05. The Morgan fingerprint density at radius 3 is 2.70 bits per heavy atom. The van der Waals surface area contributed by atoms with Gasteiger partial charge in [-0.2, -0.15) is 0 Å². The van der Waals surface area contributed by atoms with Gasteiger partial charge in [-0.25, -0.2) is 8.42 Å². The molecule has 0 aliphatic carbocycles. The highest BCUT2D eigenvalue weighted by atomic mass is 32.2. The number of amides is 2. The molecular weight excluding hydrogens is 392 g/mol. The second-order valence-electron chi connectivity index (χ2n) is 6.44. The molecule has 0 spiro atoms. The van der Waals surface area contributed by atoms with Gasteiger partial charge in [0.2, 0.25) is 0 Å². The molecule has 2 amide bonds. The molecular formula is C17H24N2O6S2. The zero-order chi connectivity index (χ0) is 20.0. The lowest BCUT2D eigenvalue weighted by Gasteiger charge is -2.33. The highest BCUT2D eigenvalue weighted by molar-refractivity contribution is 7.91. The summed E-state index contributed by atoms with van der Waals surface area (Å²) in [6.45, 7) is 2.92. The number of nitrogens with one attached hydrogen (secondary N) is 1. The van der Waals surface area contributed by atoms with Gasteiger partial charge in [0.25, 0.3) is 11.8 Å². The minimum atomic E-state index is -3.13. The third kappa shape index (κ3) is 6.03. The van der Waals surface area contributed by atoms with E-state index in [-0.39, 0.29) is 30.0 Å². The van der Waals surface area contributed by atoms with Crippen LogP contribution >= 0.6 is 11.3 Å². The minimum Gasteiger partial charge on any atom is -0.454 e. The van der Waals surface area contributed by atoms with E-state index in [9.17, 15) is 22.8 Å². The number of hydrogen-bond acceptors (Lipinski definition) is 7. The van der Waals surface area contributed by atoms with E-state index in [0.29, 0.717) is 17.7 Å². The van der Waals surface area contributed by atoms with E-state index in [1.54, 1.807) is 17.5 Å². The number of nitrogens with zero attached hydrogens (tertiary/aromatic N) is 1. The Bertz CT molecular complexity index is 775. The number of carbonyl (C=O) groups is 3. The Morgan fingerprint density at radius 1 is 1.41 bits per heavy atom. The van der Waals surface area contributed by atoms with Crippen molar-refractivity contribution in [1.82, 2.24) is 10.2 Å². The highest BCUT2D eigenvalue weighted by Crippen LogP contribution is 2.21. The number of sulfone groups is 1. The third-order valence-corrected chi connectivity index (χ3v) is 7.07. The van der Waals surface area contributed by atoms with Crippen LogP contribution in [0.3, 0.4) is 0 Å². The maximum atomic E-state index is 12.5. The van der Waals surface area contributed by atoms with Crippen molar-refractivity contribution < 1.29 is 27.5 Å². The van der Waals surface area contributed by atoms with Gasteiger partial charge < -0.3 is 15.0 Å². The van der Waals surface area contributed by atoms with Crippen molar-refractivity contribution in [2.45, 2.75) is 38.8 Å². The minimum absolute atomic E-state index is 0.0616. The summed E-state index contributed by atoms with van der Waals surface area (Å²) in [5.41, 5.74) is 0. The van der Waals surface area contributed by atoms with Gasteiger partial charge in [-0.3, -0.25) is 14.4 Å². The maximum Gasteiger partial charge on any atom is 0.325 e. The van der Waals surface area contributed by atoms with E-state index >= 15 is 0 Å². The Balaban J connectivity index is 1.85. The number of rotatable bonds is 8. The molecule has 1 aliphatic rings. The van der Waals surface area contributed by atoms with Crippen molar-refractivity contribution in [3.8, 4) is 0 Å². The van der Waals surface area contributed by atoms with Crippen molar-refractivity contribution in [1.29, 1.82) is 0 Å². The monoisotopic (exact) mass is 416 g/mol. The standard InChI is InChI=1S/C17H24N2O6S2/c1-3-12(2)19(13-6-8-27(23,24)11-13)15(20)10-25-16(21)9-18-17(22)14-5-4-7-26-14/h4-5,7,12-13H,3,6,8-11H2,1-2H3,(H,18,22)/t12-,13+/m1/s1. The van der Waals surface area contributed by atoms with Crippen LogP contribution < -0.4 is 5.32 Å². The van der Waals surface area contributed by atoms with Crippen LogP contribution in [0.2, 0.25) is 0 Å². The number of ether oxygens (including phenoxy) is 1. The predicted octanol–water partition coefficient (Wildman–Crippen LogP) is 0.835. The zero-order valence-electron chi connectivity index (χ0n) is 15.3. The Morgan fingerprint density at radius 2 is 2.15 bits per heavy atom. The first kappa shape index (κ1) is 21.4. The molecule has 10 heteroatoms. The van der Waals surface area contributed by atoms with Crippen molar-refractivity contribution in [2.75, 3.05) is 24.7 Å². The van der Waals surface area contributed by atoms with Crippen molar-refractivity contribution >= 4 is 39.0 Å². The zero-order valence-corrected chi connectivity index (χ0v) is 17.0. The van der Waals surface area contributed by atoms with E-state index in [2.05, 4.69) is 5.32 Å². The van der Waals surface area contributed by atoms with Crippen molar-refractivity contribution in [3.05, 3.63) is 22.4 Å². The van der Waals surface area contributed by atoms with Gasteiger partial charge in [0, 0.05) is 12.1 Å². The van der Waals surface area contributed by atoms with Crippen LogP contribution in [-0.2, 0) is 24.2 Å². The number of esters is 1. The normalized spacial score (nSPS) is 19.3. The van der Waals surface area contributed by atoms with Crippen molar-refractivity contribution in [3.63, 3.8) is 0 Å². The van der Waals surface area contributed by atoms with Crippen LogP contribution in [0.5, 0.6) is 0 Å². The molecule has 2 heterocycles. The molecule has 1 fully saturated rings. The molecule has 2 atom stereocenters. The summed E-state index contributed by atoms with van der Waals surface area (Å²) in [5, 5.41) is 4.18. The molecule has 0 bridgehead atoms. The number of thiophene rings is 1. The van der Waals surface area contributed by atoms with Crippen LogP contribution in [0.15, 0.2) is 17.5 Å². The topological polar surface area (TPSA) is 110 Å². The predicted molar refractivity (Wildman–Crippen MR) is 101 cm³/mol. The number of carbonyl (C=O) groups excluding carboxylic acids is 3. The van der Waals surface area contributed by atoms with Crippen LogP contribution in [0.4, 0.5) is 0 Å². The Labute approximate surface area is 162 Å². The summed E-state index contributed by atoms with van der Waals surface area (Å²) in [6, 6.07) is 2.81. The molecule has 1 aromatic heterocycles. The largest absolute Gasteiger partial charge is 0.454 e. The lowest BCUT2D eigenvalue weighted by Crippen LogP contribution is -2.48. The highest BCUT2D eigenvalue weighted by Gasteiger charge is 2.36. The van der Waals surface area contributed by atoms with Gasteiger partial charge in [-0.1, -0.05) is 13.0 Å². The van der Waals surface area contributed by atoms with Gasteiger partial charge in [-0.05, 0) is 31.2 Å². The van der Waals surface area contributed by atoms with E-state index < -0.39 is 34.4 Å². The molecule has 1 aromatic rings. The van der Waals surface area contributed by atoms with Gasteiger partial charge in [-0.15, -0.1) is 11.3 Å². The summed E-state index contributed by atoms with van der Waals surface area (Å²) in [7, 11) is -3.13. The first-order chi connectivity index (χ1) is 12.7. The Hall–Kier alpha value is -1.94. The van der Waals surface area contributed by atoms with Gasteiger partial charge in [0.05, 0.1) is 16.4 Å². The summed E-state index contributed by atoms with van der Waals surface area (Å²) in [5.74, 6) is -1.54. The SMILES string of the molecule is CC[C@@H](C)N(C(=O)COC(=O)CNC(=O)c1cccs1)[C@H]1CCS(=O)(=O)C1. The molecule has 27 heavy (non-hydrogen) atoms. The quantitative estimate of drug-likeness (QED) is 0.629. The molecule has 0 aromatic carbocycles. The second kappa shape index (κ2) is 9.32. The van der Waals surface area contributed by atoms with E-state index in [0.717, 1.165) is 0 Å². The van der Waals surface area contributed by atoms with E-state index in [1.807, 2.05) is 13.8 Å². The molecule has 1 saturated heterocycles.